The van der Waals surface area contributed by atoms with E-state index >= 15 is 0 Å². The first-order valence-corrected chi connectivity index (χ1v) is 5.24. The van der Waals surface area contributed by atoms with Gasteiger partial charge in [0, 0.05) is 12.8 Å². The number of aliphatic hydroxyl groups is 1. The third-order valence-electron chi connectivity index (χ3n) is 1.90. The topological polar surface area (TPSA) is 29.5 Å². The van der Waals surface area contributed by atoms with Crippen LogP contribution in [0.15, 0.2) is 24.3 Å². The summed E-state index contributed by atoms with van der Waals surface area (Å²) in [7, 11) is 0. The summed E-state index contributed by atoms with van der Waals surface area (Å²) in [4.78, 5) is 0. The van der Waals surface area contributed by atoms with E-state index in [4.69, 9.17) is 4.74 Å². The van der Waals surface area contributed by atoms with Gasteiger partial charge in [0.2, 0.25) is 0 Å². The zero-order valence-electron chi connectivity index (χ0n) is 9.24. The Morgan fingerprint density at radius 3 is 2.62 bits per heavy atom. The molecule has 0 amide bonds. The molecule has 2 nitrogen and oxygen atoms in total. The maximum atomic E-state index is 12.6. The third-order valence-corrected chi connectivity index (χ3v) is 1.90. The molecule has 0 spiro atoms. The molecule has 0 aliphatic rings. The molecule has 0 aromatic heterocycles. The number of halogens is 1. The molecular formula is C13H15FO2. The first-order chi connectivity index (χ1) is 7.72. The Bertz CT molecular complexity index is 362. The molecule has 0 heterocycles. The van der Waals surface area contributed by atoms with Crippen LogP contribution < -0.4 is 4.74 Å². The summed E-state index contributed by atoms with van der Waals surface area (Å²) < 4.78 is 17.8. The largest absolute Gasteiger partial charge is 0.491 e. The van der Waals surface area contributed by atoms with Crippen LogP contribution in [0.1, 0.15) is 19.8 Å². The summed E-state index contributed by atoms with van der Waals surface area (Å²) in [6.07, 6.45) is 0.574. The highest BCUT2D eigenvalue weighted by atomic mass is 19.1. The highest BCUT2D eigenvalue weighted by molar-refractivity contribution is 5.22. The van der Waals surface area contributed by atoms with Crippen LogP contribution in [0.4, 0.5) is 4.39 Å². The Hall–Kier alpha value is -1.53. The lowest BCUT2D eigenvalue weighted by Crippen LogP contribution is -2.16. The zero-order chi connectivity index (χ0) is 11.8. The van der Waals surface area contributed by atoms with Crippen LogP contribution in [0.25, 0.3) is 0 Å². The van der Waals surface area contributed by atoms with Crippen LogP contribution in [-0.2, 0) is 0 Å². The average molecular weight is 222 g/mol. The molecule has 0 aliphatic carbocycles. The van der Waals surface area contributed by atoms with Crippen LogP contribution in [0.2, 0.25) is 0 Å². The summed E-state index contributed by atoms with van der Waals surface area (Å²) >= 11 is 0. The van der Waals surface area contributed by atoms with Crippen LogP contribution in [0.3, 0.4) is 0 Å². The lowest BCUT2D eigenvalue weighted by atomic mass is 10.2. The monoisotopic (exact) mass is 222 g/mol. The molecule has 0 radical (unpaired) electrons. The predicted molar refractivity (Wildman–Crippen MR) is 60.6 cm³/mol. The molecule has 1 atom stereocenters. The van der Waals surface area contributed by atoms with Gasteiger partial charge in [-0.05, 0) is 24.3 Å². The second kappa shape index (κ2) is 6.86. The molecule has 1 aromatic rings. The van der Waals surface area contributed by atoms with Crippen molar-refractivity contribution >= 4 is 0 Å². The summed E-state index contributed by atoms with van der Waals surface area (Å²) in [5, 5.41) is 9.49. The molecular weight excluding hydrogens is 207 g/mol. The van der Waals surface area contributed by atoms with E-state index in [-0.39, 0.29) is 12.4 Å². The standard InChI is InChI=1S/C13H15FO2/c1-2-3-4-5-12(15)10-16-13-8-6-11(14)7-9-13/h6-9,12,15H,2,5,10H2,1H3. The van der Waals surface area contributed by atoms with E-state index in [9.17, 15) is 9.50 Å². The van der Waals surface area contributed by atoms with E-state index in [1.165, 1.54) is 24.3 Å². The van der Waals surface area contributed by atoms with Crippen molar-refractivity contribution in [3.63, 3.8) is 0 Å². The lowest BCUT2D eigenvalue weighted by Gasteiger charge is -2.09. The quantitative estimate of drug-likeness (QED) is 0.792. The maximum Gasteiger partial charge on any atom is 0.123 e. The summed E-state index contributed by atoms with van der Waals surface area (Å²) in [6, 6.07) is 5.69. The molecule has 1 unspecified atom stereocenters. The Morgan fingerprint density at radius 1 is 1.31 bits per heavy atom. The van der Waals surface area contributed by atoms with Gasteiger partial charge < -0.3 is 9.84 Å². The van der Waals surface area contributed by atoms with Gasteiger partial charge >= 0.3 is 0 Å². The number of hydrogen-bond acceptors (Lipinski definition) is 2. The van der Waals surface area contributed by atoms with E-state index < -0.39 is 6.10 Å². The van der Waals surface area contributed by atoms with Crippen LogP contribution in [-0.4, -0.2) is 17.8 Å². The molecule has 16 heavy (non-hydrogen) atoms. The highest BCUT2D eigenvalue weighted by Crippen LogP contribution is 2.11. The summed E-state index contributed by atoms with van der Waals surface area (Å²) in [5.41, 5.74) is 0. The minimum Gasteiger partial charge on any atom is -0.491 e. The second-order valence-corrected chi connectivity index (χ2v) is 3.33. The van der Waals surface area contributed by atoms with Gasteiger partial charge in [-0.15, -0.1) is 11.8 Å². The van der Waals surface area contributed by atoms with Crippen molar-refractivity contribution in [2.24, 2.45) is 0 Å². The molecule has 1 N–H and O–H groups in total. The number of ether oxygens (including phenoxy) is 1. The van der Waals surface area contributed by atoms with E-state index in [0.717, 1.165) is 6.42 Å². The van der Waals surface area contributed by atoms with Crippen molar-refractivity contribution in [1.29, 1.82) is 0 Å². The fourth-order valence-electron chi connectivity index (χ4n) is 1.10. The van der Waals surface area contributed by atoms with Crippen molar-refractivity contribution < 1.29 is 14.2 Å². The normalized spacial score (nSPS) is 11.4. The molecule has 1 aromatic carbocycles. The lowest BCUT2D eigenvalue weighted by molar-refractivity contribution is 0.111. The van der Waals surface area contributed by atoms with Gasteiger partial charge in [-0.25, -0.2) is 4.39 Å². The first kappa shape index (κ1) is 12.5. The van der Waals surface area contributed by atoms with Crippen LogP contribution in [0.5, 0.6) is 5.75 Å². The van der Waals surface area contributed by atoms with E-state index in [0.29, 0.717) is 12.2 Å². The predicted octanol–water partition coefficient (Wildman–Crippen LogP) is 2.37. The van der Waals surface area contributed by atoms with Crippen molar-refractivity contribution in [3.8, 4) is 17.6 Å². The summed E-state index contributed by atoms with van der Waals surface area (Å²) in [5.74, 6) is 5.95. The van der Waals surface area contributed by atoms with Crippen LogP contribution in [0, 0.1) is 17.7 Å². The van der Waals surface area contributed by atoms with Crippen molar-refractivity contribution in [1.82, 2.24) is 0 Å². The van der Waals surface area contributed by atoms with Gasteiger partial charge in [-0.3, -0.25) is 0 Å². The minimum absolute atomic E-state index is 0.171. The second-order valence-electron chi connectivity index (χ2n) is 3.33. The number of benzene rings is 1. The van der Waals surface area contributed by atoms with Gasteiger partial charge in [0.15, 0.2) is 0 Å². The van der Waals surface area contributed by atoms with Crippen molar-refractivity contribution in [3.05, 3.63) is 30.1 Å². The first-order valence-electron chi connectivity index (χ1n) is 5.24. The fourth-order valence-corrected chi connectivity index (χ4v) is 1.10. The molecule has 86 valence electrons. The average Bonchev–Trinajstić information content (AvgIpc) is 2.29. The molecule has 0 bridgehead atoms. The Labute approximate surface area is 95.1 Å². The van der Waals surface area contributed by atoms with Gasteiger partial charge in [0.05, 0.1) is 6.10 Å². The molecule has 0 fully saturated rings. The van der Waals surface area contributed by atoms with Gasteiger partial charge in [0.1, 0.15) is 18.2 Å². The smallest absolute Gasteiger partial charge is 0.123 e. The molecule has 0 saturated carbocycles. The Kier molecular flexibility index (Phi) is 5.38. The molecule has 0 aliphatic heterocycles. The van der Waals surface area contributed by atoms with E-state index in [1.807, 2.05) is 6.92 Å². The molecule has 3 heteroatoms. The zero-order valence-corrected chi connectivity index (χ0v) is 9.24. The molecule has 0 saturated heterocycles. The molecule has 1 rings (SSSR count). The Morgan fingerprint density at radius 2 is 2.00 bits per heavy atom. The van der Waals surface area contributed by atoms with Gasteiger partial charge in [-0.2, -0.15) is 0 Å². The number of aliphatic hydroxyl groups excluding tert-OH is 1. The number of rotatable bonds is 4. The maximum absolute atomic E-state index is 12.6. The third kappa shape index (κ3) is 4.81. The van der Waals surface area contributed by atoms with Crippen molar-refractivity contribution in [2.45, 2.75) is 25.9 Å². The van der Waals surface area contributed by atoms with Crippen LogP contribution >= 0.6 is 0 Å². The number of hydrogen-bond donors (Lipinski definition) is 1. The van der Waals surface area contributed by atoms with E-state index in [1.54, 1.807) is 0 Å². The van der Waals surface area contributed by atoms with Gasteiger partial charge in [-0.1, -0.05) is 6.92 Å². The minimum atomic E-state index is -0.607. The fraction of sp³-hybridized carbons (Fsp3) is 0.385. The highest BCUT2D eigenvalue weighted by Gasteiger charge is 2.03. The van der Waals surface area contributed by atoms with Crippen molar-refractivity contribution in [2.75, 3.05) is 6.61 Å². The van der Waals surface area contributed by atoms with Gasteiger partial charge in [0.25, 0.3) is 0 Å². The van der Waals surface area contributed by atoms with E-state index in [2.05, 4.69) is 11.8 Å². The summed E-state index contributed by atoms with van der Waals surface area (Å²) in [6.45, 7) is 2.12. The SMILES string of the molecule is CCC#CCC(O)COc1ccc(F)cc1. The Balaban J connectivity index is 2.31.